The van der Waals surface area contributed by atoms with Crippen LogP contribution in [0.25, 0.3) is 0 Å². The second-order valence-electron chi connectivity index (χ2n) is 7.99. The van der Waals surface area contributed by atoms with E-state index in [0.29, 0.717) is 6.42 Å². The lowest BCUT2D eigenvalue weighted by molar-refractivity contribution is -0.129. The van der Waals surface area contributed by atoms with E-state index in [1.165, 1.54) is 38.8 Å². The average Bonchev–Trinajstić information content (AvgIpc) is 3.28. The summed E-state index contributed by atoms with van der Waals surface area (Å²) in [5.74, 6) is 0.175. The molecule has 1 saturated carbocycles. The summed E-state index contributed by atoms with van der Waals surface area (Å²) in [5.41, 5.74) is -0.225. The molecule has 1 amide bonds. The molecular weight excluding hydrogens is 304 g/mol. The minimum absolute atomic E-state index is 0.100. The van der Waals surface area contributed by atoms with Crippen LogP contribution in [0.2, 0.25) is 0 Å². The van der Waals surface area contributed by atoms with Crippen molar-refractivity contribution in [3.63, 3.8) is 0 Å². The Hall–Kier alpha value is -0.650. The Balaban J connectivity index is 1.43. The molecular formula is C19H34N2O3. The maximum atomic E-state index is 12.8. The molecule has 2 heterocycles. The molecule has 5 nitrogen and oxygen atoms in total. The number of nitrogens with zero attached hydrogens (tertiary/aromatic N) is 1. The molecule has 1 atom stereocenters. The number of carbonyl (C=O) groups is 1. The molecule has 2 N–H and O–H groups in total. The van der Waals surface area contributed by atoms with Gasteiger partial charge in [0.2, 0.25) is 5.91 Å². The van der Waals surface area contributed by atoms with Gasteiger partial charge in [-0.2, -0.15) is 0 Å². The lowest BCUT2D eigenvalue weighted by atomic mass is 9.83. The molecule has 0 radical (unpaired) electrons. The maximum absolute atomic E-state index is 12.8. The van der Waals surface area contributed by atoms with Crippen molar-refractivity contribution in [3.8, 4) is 0 Å². The summed E-state index contributed by atoms with van der Waals surface area (Å²) in [6.45, 7) is 5.90. The molecule has 0 aromatic heterocycles. The Kier molecular flexibility index (Phi) is 6.17. The third kappa shape index (κ3) is 3.78. The third-order valence-electron chi connectivity index (χ3n) is 6.59. The van der Waals surface area contributed by atoms with Crippen molar-refractivity contribution in [2.75, 3.05) is 46.0 Å². The van der Waals surface area contributed by atoms with Crippen LogP contribution < -0.4 is 5.32 Å². The predicted molar refractivity (Wildman–Crippen MR) is 93.8 cm³/mol. The third-order valence-corrected chi connectivity index (χ3v) is 6.59. The van der Waals surface area contributed by atoms with Gasteiger partial charge in [0.05, 0.1) is 5.41 Å². The van der Waals surface area contributed by atoms with E-state index in [1.54, 1.807) is 0 Å². The molecule has 24 heavy (non-hydrogen) atoms. The quantitative estimate of drug-likeness (QED) is 0.697. The van der Waals surface area contributed by atoms with Crippen LogP contribution in [0.5, 0.6) is 0 Å². The SMILES string of the molecule is O=C(NCCCN1CCCCCC1)C1(CCO)CC12CCOCC2. The number of nitrogens with one attached hydrogen (secondary N) is 1. The average molecular weight is 338 g/mol. The van der Waals surface area contributed by atoms with E-state index in [0.717, 1.165) is 52.0 Å². The molecule has 0 bridgehead atoms. The van der Waals surface area contributed by atoms with E-state index in [2.05, 4.69) is 10.2 Å². The molecule has 3 aliphatic rings. The van der Waals surface area contributed by atoms with Crippen LogP contribution in [0.3, 0.4) is 0 Å². The number of hydrogen-bond donors (Lipinski definition) is 2. The van der Waals surface area contributed by atoms with Crippen molar-refractivity contribution in [2.45, 2.75) is 57.8 Å². The van der Waals surface area contributed by atoms with Crippen LogP contribution >= 0.6 is 0 Å². The smallest absolute Gasteiger partial charge is 0.226 e. The summed E-state index contributed by atoms with van der Waals surface area (Å²) in [7, 11) is 0. The number of likely N-dealkylation sites (tertiary alicyclic amines) is 1. The van der Waals surface area contributed by atoms with Gasteiger partial charge in [-0.05, 0) is 70.0 Å². The number of aliphatic hydroxyl groups excluding tert-OH is 1. The van der Waals surface area contributed by atoms with Crippen molar-refractivity contribution >= 4 is 5.91 Å². The normalized spacial score (nSPS) is 30.0. The topological polar surface area (TPSA) is 61.8 Å². The van der Waals surface area contributed by atoms with E-state index in [-0.39, 0.29) is 23.3 Å². The molecule has 2 saturated heterocycles. The number of rotatable bonds is 7. The van der Waals surface area contributed by atoms with E-state index >= 15 is 0 Å². The summed E-state index contributed by atoms with van der Waals surface area (Å²) < 4.78 is 5.47. The Labute approximate surface area is 146 Å². The van der Waals surface area contributed by atoms with E-state index in [9.17, 15) is 9.90 Å². The maximum Gasteiger partial charge on any atom is 0.226 e. The number of aliphatic hydroxyl groups is 1. The van der Waals surface area contributed by atoms with Gasteiger partial charge in [-0.25, -0.2) is 0 Å². The van der Waals surface area contributed by atoms with E-state index in [1.807, 2.05) is 0 Å². The second-order valence-corrected chi connectivity index (χ2v) is 7.99. The first-order valence-corrected chi connectivity index (χ1v) is 9.92. The molecule has 1 aliphatic carbocycles. The van der Waals surface area contributed by atoms with E-state index in [4.69, 9.17) is 4.74 Å². The lowest BCUT2D eigenvalue weighted by Crippen LogP contribution is -2.39. The predicted octanol–water partition coefficient (Wildman–Crippen LogP) is 1.94. The lowest BCUT2D eigenvalue weighted by Gasteiger charge is -2.28. The molecule has 138 valence electrons. The monoisotopic (exact) mass is 338 g/mol. The molecule has 3 fully saturated rings. The summed E-state index contributed by atoms with van der Waals surface area (Å²) >= 11 is 0. The highest BCUT2D eigenvalue weighted by molar-refractivity contribution is 5.87. The van der Waals surface area contributed by atoms with Crippen molar-refractivity contribution in [3.05, 3.63) is 0 Å². The summed E-state index contributed by atoms with van der Waals surface area (Å²) in [5, 5.41) is 12.6. The van der Waals surface area contributed by atoms with Gasteiger partial charge < -0.3 is 20.1 Å². The van der Waals surface area contributed by atoms with Crippen LogP contribution in [0, 0.1) is 10.8 Å². The summed E-state index contributed by atoms with van der Waals surface area (Å²) in [6.07, 6.45) is 9.85. The van der Waals surface area contributed by atoms with Gasteiger partial charge in [0.1, 0.15) is 0 Å². The van der Waals surface area contributed by atoms with E-state index < -0.39 is 0 Å². The van der Waals surface area contributed by atoms with Crippen LogP contribution in [0.4, 0.5) is 0 Å². The first-order chi connectivity index (χ1) is 11.7. The zero-order chi connectivity index (χ0) is 16.9. The molecule has 3 rings (SSSR count). The first-order valence-electron chi connectivity index (χ1n) is 9.92. The van der Waals surface area contributed by atoms with Crippen LogP contribution in [-0.4, -0.2) is 61.9 Å². The minimum atomic E-state index is -0.325. The van der Waals surface area contributed by atoms with Crippen molar-refractivity contribution in [1.29, 1.82) is 0 Å². The van der Waals surface area contributed by atoms with Gasteiger partial charge in [0, 0.05) is 26.4 Å². The van der Waals surface area contributed by atoms with Crippen LogP contribution in [-0.2, 0) is 9.53 Å². The Bertz CT molecular complexity index is 415. The summed E-state index contributed by atoms with van der Waals surface area (Å²) in [4.78, 5) is 15.4. The fourth-order valence-corrected chi connectivity index (χ4v) is 4.96. The van der Waals surface area contributed by atoms with Gasteiger partial charge in [0.15, 0.2) is 0 Å². The fraction of sp³-hybridized carbons (Fsp3) is 0.947. The first kappa shape index (κ1) is 18.2. The van der Waals surface area contributed by atoms with Gasteiger partial charge in [-0.3, -0.25) is 4.79 Å². The number of carbonyl (C=O) groups excluding carboxylic acids is 1. The number of hydrogen-bond acceptors (Lipinski definition) is 4. The highest BCUT2D eigenvalue weighted by Crippen LogP contribution is 2.70. The highest BCUT2D eigenvalue weighted by atomic mass is 16.5. The minimum Gasteiger partial charge on any atom is -0.396 e. The summed E-state index contributed by atoms with van der Waals surface area (Å²) in [6, 6.07) is 0. The van der Waals surface area contributed by atoms with Crippen molar-refractivity contribution in [1.82, 2.24) is 10.2 Å². The van der Waals surface area contributed by atoms with Gasteiger partial charge in [0.25, 0.3) is 0 Å². The van der Waals surface area contributed by atoms with Crippen molar-refractivity contribution in [2.24, 2.45) is 10.8 Å². The Morgan fingerprint density at radius 3 is 2.50 bits per heavy atom. The second kappa shape index (κ2) is 8.15. The van der Waals surface area contributed by atoms with Crippen LogP contribution in [0.15, 0.2) is 0 Å². The molecule has 1 spiro atoms. The molecule has 0 aromatic rings. The van der Waals surface area contributed by atoms with Crippen molar-refractivity contribution < 1.29 is 14.6 Å². The number of amides is 1. The zero-order valence-electron chi connectivity index (χ0n) is 15.0. The number of ether oxygens (including phenoxy) is 1. The molecule has 5 heteroatoms. The molecule has 0 aromatic carbocycles. The zero-order valence-corrected chi connectivity index (χ0v) is 15.0. The molecule has 1 unspecified atom stereocenters. The largest absolute Gasteiger partial charge is 0.396 e. The Morgan fingerprint density at radius 2 is 1.83 bits per heavy atom. The highest BCUT2D eigenvalue weighted by Gasteiger charge is 2.70. The molecule has 2 aliphatic heterocycles. The van der Waals surface area contributed by atoms with Gasteiger partial charge in [-0.15, -0.1) is 0 Å². The van der Waals surface area contributed by atoms with Crippen LogP contribution in [0.1, 0.15) is 57.8 Å². The van der Waals surface area contributed by atoms with Gasteiger partial charge >= 0.3 is 0 Å². The standard InChI is InChI=1S/C19H34N2O3/c22-13-6-19(16-18(19)7-14-24-15-8-18)17(23)20-9-5-12-21-10-3-1-2-4-11-21/h22H,1-16H2,(H,20,23). The fourth-order valence-electron chi connectivity index (χ4n) is 4.96. The van der Waals surface area contributed by atoms with Gasteiger partial charge in [-0.1, -0.05) is 12.8 Å². The Morgan fingerprint density at radius 1 is 1.12 bits per heavy atom.